The molecule has 2 atom stereocenters. The molecule has 0 saturated heterocycles. The van der Waals surface area contributed by atoms with E-state index in [9.17, 15) is 5.11 Å². The Bertz CT molecular complexity index is 339. The summed E-state index contributed by atoms with van der Waals surface area (Å²) >= 11 is 0. The van der Waals surface area contributed by atoms with Crippen molar-refractivity contribution < 1.29 is 5.11 Å². The molecule has 2 unspecified atom stereocenters. The number of rotatable bonds is 3. The highest BCUT2D eigenvalue weighted by Gasteiger charge is 2.22. The SMILES string of the molecule is CC(C)c1ccc(CC2CCCCC2O)cc1. The molecule has 1 aliphatic carbocycles. The van der Waals surface area contributed by atoms with E-state index in [1.807, 2.05) is 0 Å². The Balaban J connectivity index is 1.98. The average Bonchev–Trinajstić information content (AvgIpc) is 2.33. The smallest absolute Gasteiger partial charge is 0.0571 e. The zero-order chi connectivity index (χ0) is 12.3. The van der Waals surface area contributed by atoms with Gasteiger partial charge in [-0.1, -0.05) is 51.0 Å². The van der Waals surface area contributed by atoms with Gasteiger partial charge in [-0.25, -0.2) is 0 Å². The Morgan fingerprint density at radius 3 is 2.35 bits per heavy atom. The fourth-order valence-electron chi connectivity index (χ4n) is 2.77. The van der Waals surface area contributed by atoms with Crippen molar-refractivity contribution in [1.82, 2.24) is 0 Å². The van der Waals surface area contributed by atoms with E-state index in [0.29, 0.717) is 11.8 Å². The molecule has 0 radical (unpaired) electrons. The maximum atomic E-state index is 9.97. The summed E-state index contributed by atoms with van der Waals surface area (Å²) < 4.78 is 0. The van der Waals surface area contributed by atoms with Crippen LogP contribution >= 0.6 is 0 Å². The van der Waals surface area contributed by atoms with E-state index in [0.717, 1.165) is 12.8 Å². The van der Waals surface area contributed by atoms with E-state index in [1.54, 1.807) is 0 Å². The van der Waals surface area contributed by atoms with Crippen molar-refractivity contribution in [3.05, 3.63) is 35.4 Å². The standard InChI is InChI=1S/C16H24O/c1-12(2)14-9-7-13(8-10-14)11-15-5-3-4-6-16(15)17/h7-10,12,15-17H,3-6,11H2,1-2H3. The van der Waals surface area contributed by atoms with Crippen LogP contribution in [-0.4, -0.2) is 11.2 Å². The van der Waals surface area contributed by atoms with Gasteiger partial charge in [0.1, 0.15) is 0 Å². The molecule has 1 aromatic rings. The normalized spacial score (nSPS) is 25.2. The van der Waals surface area contributed by atoms with Gasteiger partial charge in [0.05, 0.1) is 6.10 Å². The van der Waals surface area contributed by atoms with E-state index in [1.165, 1.54) is 30.4 Å². The van der Waals surface area contributed by atoms with Gasteiger partial charge in [0, 0.05) is 0 Å². The molecule has 0 aliphatic heterocycles. The monoisotopic (exact) mass is 232 g/mol. The van der Waals surface area contributed by atoms with Gasteiger partial charge >= 0.3 is 0 Å². The summed E-state index contributed by atoms with van der Waals surface area (Å²) in [6.07, 6.45) is 5.63. The highest BCUT2D eigenvalue weighted by atomic mass is 16.3. The minimum Gasteiger partial charge on any atom is -0.393 e. The van der Waals surface area contributed by atoms with Crippen molar-refractivity contribution in [3.8, 4) is 0 Å². The molecule has 1 aromatic carbocycles. The quantitative estimate of drug-likeness (QED) is 0.838. The van der Waals surface area contributed by atoms with Crippen LogP contribution in [0.4, 0.5) is 0 Å². The Kier molecular flexibility index (Phi) is 4.22. The van der Waals surface area contributed by atoms with Gasteiger partial charge in [0.15, 0.2) is 0 Å². The van der Waals surface area contributed by atoms with Crippen molar-refractivity contribution in [3.63, 3.8) is 0 Å². The zero-order valence-corrected chi connectivity index (χ0v) is 11.0. The van der Waals surface area contributed by atoms with Crippen molar-refractivity contribution in [1.29, 1.82) is 0 Å². The fraction of sp³-hybridized carbons (Fsp3) is 0.625. The molecule has 0 aromatic heterocycles. The van der Waals surface area contributed by atoms with Crippen LogP contribution in [0, 0.1) is 5.92 Å². The maximum Gasteiger partial charge on any atom is 0.0571 e. The Hall–Kier alpha value is -0.820. The predicted octanol–water partition coefficient (Wildman–Crippen LogP) is 3.90. The number of aliphatic hydroxyl groups excluding tert-OH is 1. The topological polar surface area (TPSA) is 20.2 Å². The van der Waals surface area contributed by atoms with Crippen molar-refractivity contribution in [2.24, 2.45) is 5.92 Å². The van der Waals surface area contributed by atoms with Crippen molar-refractivity contribution in [2.45, 2.75) is 58.0 Å². The van der Waals surface area contributed by atoms with Crippen LogP contribution in [0.15, 0.2) is 24.3 Å². The van der Waals surface area contributed by atoms with Crippen LogP contribution in [-0.2, 0) is 6.42 Å². The number of aliphatic hydroxyl groups is 1. The van der Waals surface area contributed by atoms with Crippen LogP contribution in [0.2, 0.25) is 0 Å². The Morgan fingerprint density at radius 1 is 1.12 bits per heavy atom. The van der Waals surface area contributed by atoms with Gasteiger partial charge in [-0.2, -0.15) is 0 Å². The molecule has 1 saturated carbocycles. The van der Waals surface area contributed by atoms with E-state index in [2.05, 4.69) is 38.1 Å². The first-order valence-corrected chi connectivity index (χ1v) is 6.93. The number of benzene rings is 1. The van der Waals surface area contributed by atoms with E-state index in [-0.39, 0.29) is 6.10 Å². The first kappa shape index (κ1) is 12.6. The van der Waals surface area contributed by atoms with Gasteiger partial charge in [-0.3, -0.25) is 0 Å². The molecule has 0 spiro atoms. The highest BCUT2D eigenvalue weighted by molar-refractivity contribution is 5.25. The summed E-state index contributed by atoms with van der Waals surface area (Å²) in [6.45, 7) is 4.44. The molecule has 2 rings (SSSR count). The molecule has 1 fully saturated rings. The summed E-state index contributed by atoms with van der Waals surface area (Å²) in [4.78, 5) is 0. The fourth-order valence-corrected chi connectivity index (χ4v) is 2.77. The molecule has 0 heterocycles. The second-order valence-electron chi connectivity index (χ2n) is 5.71. The Morgan fingerprint density at radius 2 is 1.76 bits per heavy atom. The summed E-state index contributed by atoms with van der Waals surface area (Å²) in [6, 6.07) is 8.93. The lowest BCUT2D eigenvalue weighted by Gasteiger charge is -2.27. The predicted molar refractivity (Wildman–Crippen MR) is 72.2 cm³/mol. The molecule has 17 heavy (non-hydrogen) atoms. The van der Waals surface area contributed by atoms with Gasteiger partial charge in [0.2, 0.25) is 0 Å². The lowest BCUT2D eigenvalue weighted by Crippen LogP contribution is -2.26. The summed E-state index contributed by atoms with van der Waals surface area (Å²) in [5.41, 5.74) is 2.78. The van der Waals surface area contributed by atoms with Gasteiger partial charge in [0.25, 0.3) is 0 Å². The third kappa shape index (κ3) is 3.32. The summed E-state index contributed by atoms with van der Waals surface area (Å²) in [5, 5.41) is 9.97. The average molecular weight is 232 g/mol. The maximum absolute atomic E-state index is 9.97. The first-order chi connectivity index (χ1) is 8.16. The molecular formula is C16H24O. The zero-order valence-electron chi connectivity index (χ0n) is 11.0. The lowest BCUT2D eigenvalue weighted by molar-refractivity contribution is 0.0700. The lowest BCUT2D eigenvalue weighted by atomic mass is 9.82. The van der Waals surface area contributed by atoms with Gasteiger partial charge in [-0.05, 0) is 42.2 Å². The van der Waals surface area contributed by atoms with Gasteiger partial charge < -0.3 is 5.11 Å². The van der Waals surface area contributed by atoms with E-state index < -0.39 is 0 Å². The largest absolute Gasteiger partial charge is 0.393 e. The van der Waals surface area contributed by atoms with Crippen molar-refractivity contribution >= 4 is 0 Å². The minimum atomic E-state index is -0.0754. The highest BCUT2D eigenvalue weighted by Crippen LogP contribution is 2.27. The summed E-state index contributed by atoms with van der Waals surface area (Å²) in [5.74, 6) is 1.08. The molecule has 94 valence electrons. The molecule has 1 N–H and O–H groups in total. The van der Waals surface area contributed by atoms with E-state index in [4.69, 9.17) is 0 Å². The molecule has 1 heteroatoms. The molecule has 1 nitrogen and oxygen atoms in total. The van der Waals surface area contributed by atoms with Crippen LogP contribution in [0.25, 0.3) is 0 Å². The van der Waals surface area contributed by atoms with E-state index >= 15 is 0 Å². The molecule has 1 aliphatic rings. The first-order valence-electron chi connectivity index (χ1n) is 6.93. The van der Waals surface area contributed by atoms with Crippen LogP contribution in [0.5, 0.6) is 0 Å². The second-order valence-corrected chi connectivity index (χ2v) is 5.71. The van der Waals surface area contributed by atoms with Crippen LogP contribution < -0.4 is 0 Å². The van der Waals surface area contributed by atoms with Gasteiger partial charge in [-0.15, -0.1) is 0 Å². The Labute approximate surface area is 105 Å². The number of hydrogen-bond acceptors (Lipinski definition) is 1. The minimum absolute atomic E-state index is 0.0754. The summed E-state index contributed by atoms with van der Waals surface area (Å²) in [7, 11) is 0. The molecule has 0 bridgehead atoms. The molecule has 0 amide bonds. The van der Waals surface area contributed by atoms with Crippen LogP contribution in [0.1, 0.15) is 56.6 Å². The van der Waals surface area contributed by atoms with Crippen molar-refractivity contribution in [2.75, 3.05) is 0 Å². The second kappa shape index (κ2) is 5.68. The third-order valence-electron chi connectivity index (χ3n) is 4.01. The third-order valence-corrected chi connectivity index (χ3v) is 4.01. The number of hydrogen-bond donors (Lipinski definition) is 1. The van der Waals surface area contributed by atoms with Crippen LogP contribution in [0.3, 0.4) is 0 Å². The molecular weight excluding hydrogens is 208 g/mol.